The largest absolute Gasteiger partial charge is 0.392 e. The lowest BCUT2D eigenvalue weighted by atomic mass is 9.93. The fraction of sp³-hybridized carbons (Fsp3) is 0.889. The highest BCUT2D eigenvalue weighted by molar-refractivity contribution is 5.05. The Bertz CT molecular complexity index is 236. The minimum atomic E-state index is -0.232. The Morgan fingerprint density at radius 3 is 2.11 bits per heavy atom. The van der Waals surface area contributed by atoms with Gasteiger partial charge in [0.25, 0.3) is 0 Å². The molecule has 0 bridgehead atoms. The third-order valence-electron chi connectivity index (χ3n) is 3.69. The lowest BCUT2D eigenvalue weighted by Gasteiger charge is -2.16. The van der Waals surface area contributed by atoms with Crippen LogP contribution in [0.4, 0.5) is 0 Å². The topological polar surface area (TPSA) is 20.2 Å². The lowest BCUT2D eigenvalue weighted by molar-refractivity contribution is 0.124. The summed E-state index contributed by atoms with van der Waals surface area (Å²) < 4.78 is 0. The highest BCUT2D eigenvalue weighted by atomic mass is 16.3. The van der Waals surface area contributed by atoms with Crippen LogP contribution in [-0.4, -0.2) is 11.2 Å². The molecule has 112 valence electrons. The molecule has 19 heavy (non-hydrogen) atoms. The van der Waals surface area contributed by atoms with E-state index in [1.54, 1.807) is 0 Å². The maximum Gasteiger partial charge on any atom is 0.0675 e. The van der Waals surface area contributed by atoms with Crippen LogP contribution in [0.15, 0.2) is 0 Å². The molecule has 1 N–H and O–H groups in total. The van der Waals surface area contributed by atoms with Crippen molar-refractivity contribution >= 4 is 0 Å². The first-order valence-corrected chi connectivity index (χ1v) is 8.42. The standard InChI is InChI=1S/C18H34O/c1-4-7-9-11-12-14-16-17(18(19)6-3)15-13-10-8-5-2/h17-19H,4-12,14,16H2,1-3H3/t17-,18-/m1/s1. The van der Waals surface area contributed by atoms with Gasteiger partial charge in [-0.05, 0) is 19.3 Å². The Kier molecular flexibility index (Phi) is 13.6. The van der Waals surface area contributed by atoms with Crippen LogP contribution < -0.4 is 0 Å². The molecule has 0 radical (unpaired) electrons. The SMILES string of the molecule is CCCCC#C[C@H](CCCCCCCC)[C@H](O)CC. The summed E-state index contributed by atoms with van der Waals surface area (Å²) in [7, 11) is 0. The monoisotopic (exact) mass is 266 g/mol. The number of hydrogen-bond donors (Lipinski definition) is 1. The van der Waals surface area contributed by atoms with Gasteiger partial charge in [-0.3, -0.25) is 0 Å². The zero-order valence-electron chi connectivity index (χ0n) is 13.4. The molecule has 0 aliphatic heterocycles. The smallest absolute Gasteiger partial charge is 0.0675 e. The van der Waals surface area contributed by atoms with Crippen LogP contribution in [0.25, 0.3) is 0 Å². The first-order valence-electron chi connectivity index (χ1n) is 8.42. The van der Waals surface area contributed by atoms with E-state index in [4.69, 9.17) is 0 Å². The first-order chi connectivity index (χ1) is 9.26. The van der Waals surface area contributed by atoms with Gasteiger partial charge in [0.15, 0.2) is 0 Å². The van der Waals surface area contributed by atoms with E-state index in [1.165, 1.54) is 51.4 Å². The van der Waals surface area contributed by atoms with Crippen LogP contribution >= 0.6 is 0 Å². The third kappa shape index (κ3) is 11.1. The second kappa shape index (κ2) is 13.9. The summed E-state index contributed by atoms with van der Waals surface area (Å²) in [5.41, 5.74) is 0. The fourth-order valence-corrected chi connectivity index (χ4v) is 2.26. The molecule has 0 fully saturated rings. The normalized spacial score (nSPS) is 13.7. The van der Waals surface area contributed by atoms with Crippen molar-refractivity contribution < 1.29 is 5.11 Å². The maximum absolute atomic E-state index is 10.0. The molecule has 0 aliphatic carbocycles. The molecule has 0 aromatic heterocycles. The van der Waals surface area contributed by atoms with Gasteiger partial charge in [0, 0.05) is 12.3 Å². The summed E-state index contributed by atoms with van der Waals surface area (Å²) in [6.45, 7) is 6.49. The molecule has 0 rings (SSSR count). The van der Waals surface area contributed by atoms with Crippen LogP contribution in [0.2, 0.25) is 0 Å². The average molecular weight is 266 g/mol. The van der Waals surface area contributed by atoms with E-state index in [0.29, 0.717) is 0 Å². The summed E-state index contributed by atoms with van der Waals surface area (Å²) in [6, 6.07) is 0. The number of hydrogen-bond acceptors (Lipinski definition) is 1. The Hall–Kier alpha value is -0.480. The number of aliphatic hydroxyl groups is 1. The third-order valence-corrected chi connectivity index (χ3v) is 3.69. The predicted octanol–water partition coefficient (Wildman–Crippen LogP) is 5.32. The molecule has 2 atom stereocenters. The van der Waals surface area contributed by atoms with E-state index in [9.17, 15) is 5.11 Å². The fourth-order valence-electron chi connectivity index (χ4n) is 2.26. The van der Waals surface area contributed by atoms with E-state index in [1.807, 2.05) is 6.92 Å². The van der Waals surface area contributed by atoms with Crippen molar-refractivity contribution in [2.75, 3.05) is 0 Å². The van der Waals surface area contributed by atoms with Crippen molar-refractivity contribution in [2.45, 2.75) is 97.5 Å². The molecule has 1 nitrogen and oxygen atoms in total. The molecule has 0 saturated carbocycles. The van der Waals surface area contributed by atoms with Crippen molar-refractivity contribution in [3.8, 4) is 11.8 Å². The molecular formula is C18H34O. The van der Waals surface area contributed by atoms with Gasteiger partial charge in [-0.2, -0.15) is 0 Å². The quantitative estimate of drug-likeness (QED) is 0.396. The maximum atomic E-state index is 10.0. The highest BCUT2D eigenvalue weighted by Gasteiger charge is 2.14. The zero-order chi connectivity index (χ0) is 14.3. The van der Waals surface area contributed by atoms with Crippen molar-refractivity contribution in [1.29, 1.82) is 0 Å². The number of aliphatic hydroxyl groups excluding tert-OH is 1. The Labute approximate surface area is 121 Å². The van der Waals surface area contributed by atoms with Gasteiger partial charge in [0.05, 0.1) is 6.10 Å². The Morgan fingerprint density at radius 1 is 0.842 bits per heavy atom. The lowest BCUT2D eigenvalue weighted by Crippen LogP contribution is -2.18. The van der Waals surface area contributed by atoms with Crippen molar-refractivity contribution in [2.24, 2.45) is 5.92 Å². The minimum Gasteiger partial charge on any atom is -0.392 e. The summed E-state index contributed by atoms with van der Waals surface area (Å²) in [5, 5.41) is 10.0. The number of rotatable bonds is 11. The Balaban J connectivity index is 3.88. The summed E-state index contributed by atoms with van der Waals surface area (Å²) in [6.07, 6.45) is 12.9. The molecule has 0 aromatic rings. The molecule has 0 aliphatic rings. The van der Waals surface area contributed by atoms with Crippen LogP contribution in [0.1, 0.15) is 91.4 Å². The van der Waals surface area contributed by atoms with Gasteiger partial charge in [-0.15, -0.1) is 5.92 Å². The van der Waals surface area contributed by atoms with Crippen LogP contribution in [0.5, 0.6) is 0 Å². The van der Waals surface area contributed by atoms with Gasteiger partial charge in [-0.1, -0.05) is 71.6 Å². The average Bonchev–Trinajstić information content (AvgIpc) is 2.44. The van der Waals surface area contributed by atoms with Crippen LogP contribution in [0.3, 0.4) is 0 Å². The van der Waals surface area contributed by atoms with Crippen LogP contribution in [0, 0.1) is 17.8 Å². The molecule has 0 unspecified atom stereocenters. The first kappa shape index (κ1) is 18.5. The molecular weight excluding hydrogens is 232 g/mol. The summed E-state index contributed by atoms with van der Waals surface area (Å²) >= 11 is 0. The predicted molar refractivity (Wildman–Crippen MR) is 85.1 cm³/mol. The molecule has 0 amide bonds. The van der Waals surface area contributed by atoms with E-state index >= 15 is 0 Å². The van der Waals surface area contributed by atoms with Gasteiger partial charge >= 0.3 is 0 Å². The second-order valence-corrected chi connectivity index (χ2v) is 5.56. The van der Waals surface area contributed by atoms with Gasteiger partial charge in [-0.25, -0.2) is 0 Å². The number of unbranched alkanes of at least 4 members (excludes halogenated alkanes) is 7. The Morgan fingerprint density at radius 2 is 1.47 bits per heavy atom. The molecule has 0 heterocycles. The molecule has 1 heteroatoms. The van der Waals surface area contributed by atoms with Crippen LogP contribution in [-0.2, 0) is 0 Å². The van der Waals surface area contributed by atoms with Crippen molar-refractivity contribution in [3.63, 3.8) is 0 Å². The second-order valence-electron chi connectivity index (χ2n) is 5.56. The van der Waals surface area contributed by atoms with E-state index in [2.05, 4.69) is 25.7 Å². The molecule has 0 saturated heterocycles. The van der Waals surface area contributed by atoms with Crippen molar-refractivity contribution in [1.82, 2.24) is 0 Å². The zero-order valence-corrected chi connectivity index (χ0v) is 13.4. The van der Waals surface area contributed by atoms with E-state index < -0.39 is 0 Å². The molecule has 0 aromatic carbocycles. The minimum absolute atomic E-state index is 0.202. The highest BCUT2D eigenvalue weighted by Crippen LogP contribution is 2.17. The van der Waals surface area contributed by atoms with E-state index in [-0.39, 0.29) is 12.0 Å². The van der Waals surface area contributed by atoms with Gasteiger partial charge < -0.3 is 5.11 Å². The summed E-state index contributed by atoms with van der Waals surface area (Å²) in [5.74, 6) is 6.76. The van der Waals surface area contributed by atoms with Gasteiger partial charge in [0.1, 0.15) is 0 Å². The van der Waals surface area contributed by atoms with Crippen molar-refractivity contribution in [3.05, 3.63) is 0 Å². The van der Waals surface area contributed by atoms with E-state index in [0.717, 1.165) is 19.3 Å². The van der Waals surface area contributed by atoms with Gasteiger partial charge in [0.2, 0.25) is 0 Å². The molecule has 0 spiro atoms. The summed E-state index contributed by atoms with van der Waals surface area (Å²) in [4.78, 5) is 0.